The molecule has 1 saturated carbocycles. The van der Waals surface area contributed by atoms with E-state index in [4.69, 9.17) is 5.73 Å². The summed E-state index contributed by atoms with van der Waals surface area (Å²) in [5, 5.41) is 0. The third kappa shape index (κ3) is 3.53. The van der Waals surface area contributed by atoms with Crippen LogP contribution < -0.4 is 5.73 Å². The standard InChI is InChI=1S/C15H21FN2O/c1-18(10-12-5-2-3-8-14(12)16)15(19)11-6-4-7-13(17)9-11/h2-3,5,8,11,13H,4,6-7,9-10,17H2,1H3/t11-,13-/m0/s1. The molecule has 2 rings (SSSR count). The Kier molecular flexibility index (Phi) is 4.53. The van der Waals surface area contributed by atoms with Gasteiger partial charge in [0.2, 0.25) is 5.91 Å². The van der Waals surface area contributed by atoms with Gasteiger partial charge in [0.15, 0.2) is 0 Å². The topological polar surface area (TPSA) is 46.3 Å². The van der Waals surface area contributed by atoms with Crippen LogP contribution in [0.4, 0.5) is 4.39 Å². The third-order valence-corrected chi connectivity index (χ3v) is 3.81. The zero-order chi connectivity index (χ0) is 13.8. The van der Waals surface area contributed by atoms with Gasteiger partial charge in [-0.2, -0.15) is 0 Å². The van der Waals surface area contributed by atoms with Crippen LogP contribution in [0.25, 0.3) is 0 Å². The zero-order valence-corrected chi connectivity index (χ0v) is 11.3. The highest BCUT2D eigenvalue weighted by Gasteiger charge is 2.27. The highest BCUT2D eigenvalue weighted by Crippen LogP contribution is 2.25. The molecule has 0 aromatic heterocycles. The molecule has 19 heavy (non-hydrogen) atoms. The Morgan fingerprint density at radius 1 is 1.42 bits per heavy atom. The van der Waals surface area contributed by atoms with E-state index in [0.717, 1.165) is 25.7 Å². The van der Waals surface area contributed by atoms with Crippen molar-refractivity contribution in [2.45, 2.75) is 38.3 Å². The Balaban J connectivity index is 1.97. The van der Waals surface area contributed by atoms with Gasteiger partial charge < -0.3 is 10.6 Å². The molecule has 2 N–H and O–H groups in total. The van der Waals surface area contributed by atoms with Crippen molar-refractivity contribution in [2.75, 3.05) is 7.05 Å². The maximum Gasteiger partial charge on any atom is 0.225 e. The van der Waals surface area contributed by atoms with Crippen LogP contribution in [0, 0.1) is 11.7 Å². The highest BCUT2D eigenvalue weighted by molar-refractivity contribution is 5.78. The number of nitrogens with two attached hydrogens (primary N) is 1. The molecule has 0 saturated heterocycles. The Morgan fingerprint density at radius 3 is 2.84 bits per heavy atom. The number of rotatable bonds is 3. The van der Waals surface area contributed by atoms with Gasteiger partial charge in [0, 0.05) is 31.1 Å². The second-order valence-electron chi connectivity index (χ2n) is 5.41. The first-order valence-corrected chi connectivity index (χ1v) is 6.82. The molecule has 0 unspecified atom stereocenters. The summed E-state index contributed by atoms with van der Waals surface area (Å²) in [7, 11) is 1.73. The summed E-state index contributed by atoms with van der Waals surface area (Å²) < 4.78 is 13.6. The maximum absolute atomic E-state index is 13.6. The van der Waals surface area contributed by atoms with Gasteiger partial charge >= 0.3 is 0 Å². The summed E-state index contributed by atoms with van der Waals surface area (Å²) in [6, 6.07) is 6.70. The lowest BCUT2D eigenvalue weighted by atomic mass is 9.85. The summed E-state index contributed by atoms with van der Waals surface area (Å²) in [5.74, 6) is -0.179. The van der Waals surface area contributed by atoms with Crippen molar-refractivity contribution in [2.24, 2.45) is 11.7 Å². The Morgan fingerprint density at radius 2 is 2.16 bits per heavy atom. The number of nitrogens with zero attached hydrogens (tertiary/aromatic N) is 1. The van der Waals surface area contributed by atoms with Gasteiger partial charge in [-0.25, -0.2) is 4.39 Å². The van der Waals surface area contributed by atoms with E-state index in [-0.39, 0.29) is 23.7 Å². The van der Waals surface area contributed by atoms with Crippen LogP contribution >= 0.6 is 0 Å². The maximum atomic E-state index is 13.6. The van der Waals surface area contributed by atoms with Gasteiger partial charge in [-0.1, -0.05) is 24.6 Å². The monoisotopic (exact) mass is 264 g/mol. The van der Waals surface area contributed by atoms with Crippen molar-refractivity contribution in [3.63, 3.8) is 0 Å². The molecule has 1 fully saturated rings. The van der Waals surface area contributed by atoms with E-state index < -0.39 is 0 Å². The molecular formula is C15H21FN2O. The van der Waals surface area contributed by atoms with E-state index in [2.05, 4.69) is 0 Å². The van der Waals surface area contributed by atoms with E-state index in [9.17, 15) is 9.18 Å². The first kappa shape index (κ1) is 14.0. The number of amides is 1. The molecule has 1 aromatic rings. The van der Waals surface area contributed by atoms with Crippen LogP contribution in [0.1, 0.15) is 31.2 Å². The molecule has 3 nitrogen and oxygen atoms in total. The van der Waals surface area contributed by atoms with Crippen LogP contribution in [0.2, 0.25) is 0 Å². The second-order valence-corrected chi connectivity index (χ2v) is 5.41. The number of carbonyl (C=O) groups is 1. The van der Waals surface area contributed by atoms with E-state index in [0.29, 0.717) is 12.1 Å². The quantitative estimate of drug-likeness (QED) is 0.910. The van der Waals surface area contributed by atoms with Crippen molar-refractivity contribution in [3.8, 4) is 0 Å². The molecule has 1 aliphatic rings. The minimum absolute atomic E-state index is 0.000485. The Hall–Kier alpha value is -1.42. The van der Waals surface area contributed by atoms with Crippen LogP contribution in [0.5, 0.6) is 0 Å². The number of hydrogen-bond acceptors (Lipinski definition) is 2. The van der Waals surface area contributed by atoms with Crippen LogP contribution in [0.3, 0.4) is 0 Å². The normalized spacial score (nSPS) is 23.1. The minimum atomic E-state index is -0.262. The van der Waals surface area contributed by atoms with E-state index in [1.807, 2.05) is 0 Å². The van der Waals surface area contributed by atoms with Gasteiger partial charge in [-0.15, -0.1) is 0 Å². The number of benzene rings is 1. The fourth-order valence-corrected chi connectivity index (χ4v) is 2.72. The SMILES string of the molecule is CN(Cc1ccccc1F)C(=O)[C@H]1CCC[C@H](N)C1. The van der Waals surface area contributed by atoms with E-state index in [1.54, 1.807) is 30.1 Å². The summed E-state index contributed by atoms with van der Waals surface area (Å²) in [6.07, 6.45) is 3.65. The van der Waals surface area contributed by atoms with E-state index >= 15 is 0 Å². The van der Waals surface area contributed by atoms with Gasteiger partial charge in [-0.3, -0.25) is 4.79 Å². The largest absolute Gasteiger partial charge is 0.341 e. The van der Waals surface area contributed by atoms with E-state index in [1.165, 1.54) is 6.07 Å². The molecular weight excluding hydrogens is 243 g/mol. The first-order chi connectivity index (χ1) is 9.08. The van der Waals surface area contributed by atoms with Crippen molar-refractivity contribution in [1.82, 2.24) is 4.90 Å². The van der Waals surface area contributed by atoms with Gasteiger partial charge in [0.1, 0.15) is 5.82 Å². The molecule has 1 aliphatic carbocycles. The molecule has 2 atom stereocenters. The van der Waals surface area contributed by atoms with Crippen molar-refractivity contribution < 1.29 is 9.18 Å². The van der Waals surface area contributed by atoms with Crippen molar-refractivity contribution >= 4 is 5.91 Å². The lowest BCUT2D eigenvalue weighted by molar-refractivity contribution is -0.135. The number of halogens is 1. The van der Waals surface area contributed by atoms with Crippen molar-refractivity contribution in [3.05, 3.63) is 35.6 Å². The minimum Gasteiger partial charge on any atom is -0.341 e. The molecule has 1 aromatic carbocycles. The third-order valence-electron chi connectivity index (χ3n) is 3.81. The summed E-state index contributed by atoms with van der Waals surface area (Å²) in [4.78, 5) is 13.9. The predicted octanol–water partition coefficient (Wildman–Crippen LogP) is 2.30. The summed E-state index contributed by atoms with van der Waals surface area (Å²) >= 11 is 0. The molecule has 0 radical (unpaired) electrons. The zero-order valence-electron chi connectivity index (χ0n) is 11.3. The molecule has 4 heteroatoms. The highest BCUT2D eigenvalue weighted by atomic mass is 19.1. The van der Waals surface area contributed by atoms with Gasteiger partial charge in [0.05, 0.1) is 0 Å². The lowest BCUT2D eigenvalue weighted by Gasteiger charge is -2.29. The summed E-state index contributed by atoms with van der Waals surface area (Å²) in [6.45, 7) is 0.317. The Labute approximate surface area is 113 Å². The smallest absolute Gasteiger partial charge is 0.225 e. The van der Waals surface area contributed by atoms with Crippen LogP contribution in [-0.2, 0) is 11.3 Å². The number of carbonyl (C=O) groups excluding carboxylic acids is 1. The molecule has 0 heterocycles. The average molecular weight is 264 g/mol. The number of hydrogen-bond donors (Lipinski definition) is 1. The predicted molar refractivity (Wildman–Crippen MR) is 72.8 cm³/mol. The van der Waals surface area contributed by atoms with Crippen molar-refractivity contribution in [1.29, 1.82) is 0 Å². The van der Waals surface area contributed by atoms with Gasteiger partial charge in [0.25, 0.3) is 0 Å². The molecule has 0 bridgehead atoms. The summed E-state index contributed by atoms with van der Waals surface area (Å²) in [5.41, 5.74) is 6.46. The second kappa shape index (κ2) is 6.15. The van der Waals surface area contributed by atoms with Crippen LogP contribution in [-0.4, -0.2) is 23.9 Å². The Bertz CT molecular complexity index is 450. The molecule has 1 amide bonds. The molecule has 104 valence electrons. The lowest BCUT2D eigenvalue weighted by Crippen LogP contribution is -2.38. The fraction of sp³-hybridized carbons (Fsp3) is 0.533. The van der Waals surface area contributed by atoms with Crippen LogP contribution in [0.15, 0.2) is 24.3 Å². The molecule has 0 aliphatic heterocycles. The molecule has 0 spiro atoms. The van der Waals surface area contributed by atoms with Gasteiger partial charge in [-0.05, 0) is 25.3 Å². The average Bonchev–Trinajstić information content (AvgIpc) is 2.40. The fourth-order valence-electron chi connectivity index (χ4n) is 2.72. The first-order valence-electron chi connectivity index (χ1n) is 6.82.